The van der Waals surface area contributed by atoms with Gasteiger partial charge >= 0.3 is 0 Å². The van der Waals surface area contributed by atoms with Crippen molar-refractivity contribution < 1.29 is 0 Å². The minimum atomic E-state index is -0.104. The lowest BCUT2D eigenvalue weighted by molar-refractivity contribution is 0.195. The molecule has 3 heterocycles. The van der Waals surface area contributed by atoms with Crippen molar-refractivity contribution in [2.75, 3.05) is 14.7 Å². The highest BCUT2D eigenvalue weighted by Gasteiger charge is 2.61. The van der Waals surface area contributed by atoms with Gasteiger partial charge in [-0.3, -0.25) is 0 Å². The summed E-state index contributed by atoms with van der Waals surface area (Å²) in [5.74, 6) is 0. The van der Waals surface area contributed by atoms with Gasteiger partial charge in [0.1, 0.15) is 0 Å². The molecule has 0 radical (unpaired) electrons. The third kappa shape index (κ3) is 4.87. The molecular formula is C54H50BN3. The average molecular weight is 752 g/mol. The standard InChI is InChI=1S/C54H50BN3/c1-35-22-25-41(26-23-35)56-48-27-24-36(2)30-44(48)55-45-32-40(39-18-8-7-9-19-39)31-43-52(45)58(54(6)29-15-14-28-53(43,54)5)50-34-42(33-49(56)51(50)55)57(46-20-12-10-16-37(46)3)47-21-13-11-17-38(47)4/h7-13,16-27,30-34H,14-15,28-29H2,1-6H3. The van der Waals surface area contributed by atoms with Gasteiger partial charge in [-0.2, -0.15) is 0 Å². The monoisotopic (exact) mass is 751 g/mol. The van der Waals surface area contributed by atoms with Gasteiger partial charge in [0.2, 0.25) is 0 Å². The number of anilines is 8. The van der Waals surface area contributed by atoms with E-state index in [1.807, 2.05) is 0 Å². The maximum absolute atomic E-state index is 2.87. The van der Waals surface area contributed by atoms with Crippen molar-refractivity contribution in [2.45, 2.75) is 78.2 Å². The maximum atomic E-state index is 2.87. The number of fused-ring (bicyclic) bond motifs is 7. The number of hydrogen-bond donors (Lipinski definition) is 0. The molecule has 284 valence electrons. The van der Waals surface area contributed by atoms with Crippen LogP contribution >= 0.6 is 0 Å². The summed E-state index contributed by atoms with van der Waals surface area (Å²) in [5.41, 5.74) is 23.4. The topological polar surface area (TPSA) is 9.72 Å². The first-order valence-corrected chi connectivity index (χ1v) is 21.3. The van der Waals surface area contributed by atoms with Gasteiger partial charge in [0.05, 0.1) is 11.2 Å². The van der Waals surface area contributed by atoms with Crippen LogP contribution in [0.15, 0.2) is 146 Å². The van der Waals surface area contributed by atoms with Gasteiger partial charge in [-0.05, 0) is 140 Å². The molecule has 2 unspecified atom stereocenters. The van der Waals surface area contributed by atoms with Crippen LogP contribution in [0.2, 0.25) is 0 Å². The quantitative estimate of drug-likeness (QED) is 0.162. The van der Waals surface area contributed by atoms with Gasteiger partial charge in [0.15, 0.2) is 0 Å². The van der Waals surface area contributed by atoms with Crippen LogP contribution in [0, 0.1) is 27.7 Å². The summed E-state index contributed by atoms with van der Waals surface area (Å²) in [6.07, 6.45) is 4.82. The van der Waals surface area contributed by atoms with E-state index < -0.39 is 0 Å². The molecule has 1 saturated carbocycles. The van der Waals surface area contributed by atoms with Crippen molar-refractivity contribution in [3.63, 3.8) is 0 Å². The van der Waals surface area contributed by atoms with Crippen LogP contribution in [0.25, 0.3) is 11.1 Å². The van der Waals surface area contributed by atoms with E-state index in [0.29, 0.717) is 0 Å². The van der Waals surface area contributed by atoms with E-state index in [0.717, 1.165) is 6.42 Å². The van der Waals surface area contributed by atoms with Crippen molar-refractivity contribution in [1.82, 2.24) is 0 Å². The second kappa shape index (κ2) is 12.8. The SMILES string of the molecule is Cc1ccc(N2c3ccc(C)cc3B3c4cc(-c5ccccc5)cc5c4N(c4cc(N(c6ccccc6C)c6ccccc6C)cc2c43)C2(C)CCCCC52C)cc1. The molecule has 7 aromatic rings. The minimum Gasteiger partial charge on any atom is -0.335 e. The van der Waals surface area contributed by atoms with Crippen LogP contribution in [0.3, 0.4) is 0 Å². The fraction of sp³-hybridized carbons (Fsp3) is 0.222. The molecule has 58 heavy (non-hydrogen) atoms. The maximum Gasteiger partial charge on any atom is 0.252 e. The van der Waals surface area contributed by atoms with Gasteiger partial charge < -0.3 is 14.7 Å². The normalized spacial score (nSPS) is 19.7. The highest BCUT2D eigenvalue weighted by Crippen LogP contribution is 2.62. The van der Waals surface area contributed by atoms with Crippen LogP contribution in [0.1, 0.15) is 67.3 Å². The average Bonchev–Trinajstić information content (AvgIpc) is 3.45. The summed E-state index contributed by atoms with van der Waals surface area (Å²) in [7, 11) is 0. The van der Waals surface area contributed by atoms with E-state index in [-0.39, 0.29) is 17.7 Å². The molecule has 3 nitrogen and oxygen atoms in total. The first kappa shape index (κ1) is 35.2. The predicted octanol–water partition coefficient (Wildman–Crippen LogP) is 12.4. The van der Waals surface area contributed by atoms with E-state index >= 15 is 0 Å². The molecule has 4 aliphatic rings. The fourth-order valence-corrected chi connectivity index (χ4v) is 11.4. The molecule has 2 atom stereocenters. The third-order valence-electron chi connectivity index (χ3n) is 14.5. The number of rotatable bonds is 5. The first-order chi connectivity index (χ1) is 28.2. The Labute approximate surface area is 344 Å². The van der Waals surface area contributed by atoms with Crippen LogP contribution in [0.5, 0.6) is 0 Å². The number of hydrogen-bond acceptors (Lipinski definition) is 3. The molecule has 1 aliphatic carbocycles. The Kier molecular flexibility index (Phi) is 7.74. The molecule has 0 aromatic heterocycles. The molecule has 0 N–H and O–H groups in total. The lowest BCUT2D eigenvalue weighted by Gasteiger charge is -2.53. The van der Waals surface area contributed by atoms with Crippen molar-refractivity contribution in [3.8, 4) is 11.1 Å². The molecular weight excluding hydrogens is 701 g/mol. The summed E-state index contributed by atoms with van der Waals surface area (Å²) in [6.45, 7) is 14.2. The van der Waals surface area contributed by atoms with E-state index in [2.05, 4.69) is 202 Å². The van der Waals surface area contributed by atoms with Crippen LogP contribution in [-0.2, 0) is 5.41 Å². The lowest BCUT2D eigenvalue weighted by Crippen LogP contribution is -2.64. The second-order valence-corrected chi connectivity index (χ2v) is 17.9. The summed E-state index contributed by atoms with van der Waals surface area (Å²) >= 11 is 0. The summed E-state index contributed by atoms with van der Waals surface area (Å²) in [6, 6.07) is 55.4. The molecule has 0 amide bonds. The molecule has 7 aromatic carbocycles. The Bertz CT molecular complexity index is 2740. The number of para-hydroxylation sites is 2. The van der Waals surface area contributed by atoms with E-state index in [1.54, 1.807) is 0 Å². The summed E-state index contributed by atoms with van der Waals surface area (Å²) < 4.78 is 0. The molecule has 11 rings (SSSR count). The zero-order chi connectivity index (χ0) is 39.5. The molecule has 0 bridgehead atoms. The minimum absolute atomic E-state index is 0.0195. The van der Waals surface area contributed by atoms with Crippen molar-refractivity contribution in [3.05, 3.63) is 173 Å². The van der Waals surface area contributed by atoms with Crippen LogP contribution < -0.4 is 31.1 Å². The Balaban J connectivity index is 1.29. The zero-order valence-electron chi connectivity index (χ0n) is 34.6. The third-order valence-corrected chi connectivity index (χ3v) is 14.5. The second-order valence-electron chi connectivity index (χ2n) is 17.9. The van der Waals surface area contributed by atoms with Gasteiger partial charge in [0, 0.05) is 45.2 Å². The Morgan fingerprint density at radius 1 is 0.552 bits per heavy atom. The first-order valence-electron chi connectivity index (χ1n) is 21.3. The molecule has 0 saturated heterocycles. The van der Waals surface area contributed by atoms with Crippen LogP contribution in [0.4, 0.5) is 45.5 Å². The van der Waals surface area contributed by atoms with Gasteiger partial charge in [-0.15, -0.1) is 0 Å². The van der Waals surface area contributed by atoms with E-state index in [1.165, 1.54) is 120 Å². The van der Waals surface area contributed by atoms with Crippen molar-refractivity contribution >= 4 is 68.6 Å². The highest BCUT2D eigenvalue weighted by molar-refractivity contribution is 7.00. The summed E-state index contributed by atoms with van der Waals surface area (Å²) in [4.78, 5) is 7.97. The highest BCUT2D eigenvalue weighted by atomic mass is 15.3. The predicted molar refractivity (Wildman–Crippen MR) is 248 cm³/mol. The van der Waals surface area contributed by atoms with Crippen molar-refractivity contribution in [1.29, 1.82) is 0 Å². The lowest BCUT2D eigenvalue weighted by atomic mass is 9.33. The van der Waals surface area contributed by atoms with Gasteiger partial charge in [-0.1, -0.05) is 128 Å². The van der Waals surface area contributed by atoms with E-state index in [4.69, 9.17) is 0 Å². The molecule has 0 spiro atoms. The van der Waals surface area contributed by atoms with Crippen LogP contribution in [-0.4, -0.2) is 12.3 Å². The van der Waals surface area contributed by atoms with Gasteiger partial charge in [-0.25, -0.2) is 0 Å². The largest absolute Gasteiger partial charge is 0.335 e. The summed E-state index contributed by atoms with van der Waals surface area (Å²) in [5, 5.41) is 0. The zero-order valence-corrected chi connectivity index (χ0v) is 34.6. The van der Waals surface area contributed by atoms with Crippen molar-refractivity contribution in [2.24, 2.45) is 0 Å². The molecule has 1 fully saturated rings. The number of benzene rings is 7. The van der Waals surface area contributed by atoms with E-state index in [9.17, 15) is 0 Å². The van der Waals surface area contributed by atoms with Gasteiger partial charge in [0.25, 0.3) is 6.71 Å². The smallest absolute Gasteiger partial charge is 0.252 e. The number of aryl methyl sites for hydroxylation is 4. The fourth-order valence-electron chi connectivity index (χ4n) is 11.4. The Morgan fingerprint density at radius 2 is 1.19 bits per heavy atom. The Morgan fingerprint density at radius 3 is 1.90 bits per heavy atom. The molecule has 4 heteroatoms. The number of nitrogens with zero attached hydrogens (tertiary/aromatic N) is 3. The Hall–Kier alpha value is -6.00. The molecule has 3 aliphatic heterocycles.